The number of aromatic nitrogens is 2. The zero-order valence-electron chi connectivity index (χ0n) is 20.0. The highest BCUT2D eigenvalue weighted by molar-refractivity contribution is 5.80. The van der Waals surface area contributed by atoms with Gasteiger partial charge in [0.2, 0.25) is 5.91 Å². The molecular formula is C23H41N7O. The maximum Gasteiger partial charge on any atom is 0.236 e. The molecule has 0 aliphatic carbocycles. The van der Waals surface area contributed by atoms with Crippen LogP contribution in [0, 0.1) is 0 Å². The molecule has 0 unspecified atom stereocenters. The van der Waals surface area contributed by atoms with Gasteiger partial charge in [-0.25, -0.2) is 0 Å². The summed E-state index contributed by atoms with van der Waals surface area (Å²) in [6.45, 7) is 11.1. The Morgan fingerprint density at radius 2 is 1.65 bits per heavy atom. The number of guanidine groups is 1. The first-order chi connectivity index (χ1) is 15.1. The van der Waals surface area contributed by atoms with Gasteiger partial charge in [0.1, 0.15) is 0 Å². The van der Waals surface area contributed by atoms with Crippen LogP contribution in [0.3, 0.4) is 0 Å². The summed E-state index contributed by atoms with van der Waals surface area (Å²) in [7, 11) is 3.88. The number of nitrogens with zero attached hydrogens (tertiary/aromatic N) is 6. The van der Waals surface area contributed by atoms with Crippen LogP contribution in [0.4, 0.5) is 0 Å². The van der Waals surface area contributed by atoms with Gasteiger partial charge in [-0.2, -0.15) is 5.10 Å². The molecule has 2 aliphatic rings. The van der Waals surface area contributed by atoms with Crippen molar-refractivity contribution in [3.8, 4) is 0 Å². The Labute approximate surface area is 187 Å². The Balaban J connectivity index is 1.50. The minimum Gasteiger partial charge on any atom is -0.352 e. The number of carbonyl (C=O) groups is 1. The molecule has 174 valence electrons. The monoisotopic (exact) mass is 431 g/mol. The van der Waals surface area contributed by atoms with Gasteiger partial charge in [-0.3, -0.25) is 19.4 Å². The third-order valence-electron chi connectivity index (χ3n) is 6.65. The molecule has 1 N–H and O–H groups in total. The number of aryl methyl sites for hydroxylation is 2. The molecule has 1 aromatic heterocycles. The van der Waals surface area contributed by atoms with Crippen LogP contribution < -0.4 is 5.32 Å². The molecule has 31 heavy (non-hydrogen) atoms. The fourth-order valence-corrected chi connectivity index (χ4v) is 4.82. The lowest BCUT2D eigenvalue weighted by Crippen LogP contribution is -2.54. The van der Waals surface area contributed by atoms with E-state index in [-0.39, 0.29) is 0 Å². The summed E-state index contributed by atoms with van der Waals surface area (Å²) in [6, 6.07) is 0. The van der Waals surface area contributed by atoms with E-state index in [4.69, 9.17) is 0 Å². The van der Waals surface area contributed by atoms with Gasteiger partial charge < -0.3 is 15.1 Å². The highest BCUT2D eigenvalue weighted by Gasteiger charge is 2.24. The topological polar surface area (TPSA) is 69.0 Å². The molecule has 2 fully saturated rings. The lowest BCUT2D eigenvalue weighted by Gasteiger charge is -2.37. The molecule has 0 aromatic carbocycles. The SMILES string of the molecule is CCc1nn(C)c(CC)c1CNC(=NC)N1CCN(CC(=O)N2CCCCCC2)CC1. The number of likely N-dealkylation sites (tertiary alicyclic amines) is 1. The molecule has 8 heteroatoms. The third-order valence-corrected chi connectivity index (χ3v) is 6.65. The van der Waals surface area contributed by atoms with Gasteiger partial charge in [-0.1, -0.05) is 26.7 Å². The number of amides is 1. The van der Waals surface area contributed by atoms with E-state index < -0.39 is 0 Å². The lowest BCUT2D eigenvalue weighted by atomic mass is 10.1. The average Bonchev–Trinajstić information content (AvgIpc) is 2.94. The van der Waals surface area contributed by atoms with Gasteiger partial charge in [0.05, 0.1) is 12.2 Å². The molecule has 0 radical (unpaired) electrons. The lowest BCUT2D eigenvalue weighted by molar-refractivity contribution is -0.132. The van der Waals surface area contributed by atoms with Crippen LogP contribution in [-0.2, 0) is 31.2 Å². The summed E-state index contributed by atoms with van der Waals surface area (Å²) in [5, 5.41) is 8.24. The maximum absolute atomic E-state index is 12.7. The van der Waals surface area contributed by atoms with Gasteiger partial charge in [-0.15, -0.1) is 0 Å². The minimum absolute atomic E-state index is 0.300. The first-order valence-electron chi connectivity index (χ1n) is 12.1. The molecule has 0 bridgehead atoms. The fourth-order valence-electron chi connectivity index (χ4n) is 4.82. The van der Waals surface area contributed by atoms with E-state index in [0.29, 0.717) is 12.5 Å². The van der Waals surface area contributed by atoms with Gasteiger partial charge in [-0.05, 0) is 25.7 Å². The third kappa shape index (κ3) is 5.99. The van der Waals surface area contributed by atoms with E-state index in [1.54, 1.807) is 0 Å². The maximum atomic E-state index is 12.7. The van der Waals surface area contributed by atoms with Crippen LogP contribution >= 0.6 is 0 Å². The number of nitrogens with one attached hydrogen (secondary N) is 1. The Kier molecular flexibility index (Phi) is 8.75. The van der Waals surface area contributed by atoms with Crippen LogP contribution in [0.2, 0.25) is 0 Å². The molecule has 8 nitrogen and oxygen atoms in total. The van der Waals surface area contributed by atoms with Crippen LogP contribution in [0.25, 0.3) is 0 Å². The summed E-state index contributed by atoms with van der Waals surface area (Å²) < 4.78 is 2.01. The zero-order valence-corrected chi connectivity index (χ0v) is 20.0. The van der Waals surface area contributed by atoms with Crippen molar-refractivity contribution in [2.24, 2.45) is 12.0 Å². The standard InChI is InChI=1S/C23H41N7O/c1-5-20-19(21(6-2)27(4)26-20)17-25-23(24-3)30-15-13-28(14-16-30)18-22(31)29-11-9-7-8-10-12-29/h5-18H2,1-4H3,(H,24,25). The van der Waals surface area contributed by atoms with Crippen molar-refractivity contribution in [1.29, 1.82) is 0 Å². The number of carbonyl (C=O) groups excluding carboxylic acids is 1. The van der Waals surface area contributed by atoms with Crippen LogP contribution in [0.5, 0.6) is 0 Å². The summed E-state index contributed by atoms with van der Waals surface area (Å²) in [6.07, 6.45) is 6.73. The Morgan fingerprint density at radius 1 is 0.968 bits per heavy atom. The Bertz CT molecular complexity index is 741. The van der Waals surface area contributed by atoms with Crippen molar-refractivity contribution in [1.82, 2.24) is 29.8 Å². The predicted octanol–water partition coefficient (Wildman–Crippen LogP) is 1.64. The van der Waals surface area contributed by atoms with E-state index in [0.717, 1.165) is 77.5 Å². The molecule has 3 heterocycles. The van der Waals surface area contributed by atoms with E-state index in [2.05, 4.69) is 44.0 Å². The number of piperazine rings is 1. The molecule has 2 saturated heterocycles. The number of rotatable bonds is 6. The van der Waals surface area contributed by atoms with Crippen LogP contribution in [-0.4, -0.2) is 89.2 Å². The average molecular weight is 432 g/mol. The van der Waals surface area contributed by atoms with Crippen molar-refractivity contribution in [3.63, 3.8) is 0 Å². The zero-order chi connectivity index (χ0) is 22.2. The molecule has 3 rings (SSSR count). The van der Waals surface area contributed by atoms with E-state index in [1.807, 2.05) is 18.8 Å². The number of hydrogen-bond donors (Lipinski definition) is 1. The summed E-state index contributed by atoms with van der Waals surface area (Å²) >= 11 is 0. The van der Waals surface area contributed by atoms with Gasteiger partial charge in [0.15, 0.2) is 5.96 Å². The summed E-state index contributed by atoms with van der Waals surface area (Å²) in [5.41, 5.74) is 3.76. The predicted molar refractivity (Wildman–Crippen MR) is 125 cm³/mol. The first-order valence-corrected chi connectivity index (χ1v) is 12.1. The summed E-state index contributed by atoms with van der Waals surface area (Å²) in [4.78, 5) is 23.9. The molecule has 0 spiro atoms. The van der Waals surface area contributed by atoms with Crippen molar-refractivity contribution in [3.05, 3.63) is 17.0 Å². The Morgan fingerprint density at radius 3 is 2.23 bits per heavy atom. The quantitative estimate of drug-likeness (QED) is 0.548. The van der Waals surface area contributed by atoms with E-state index in [1.165, 1.54) is 29.8 Å². The van der Waals surface area contributed by atoms with Crippen molar-refractivity contribution in [2.45, 2.75) is 58.9 Å². The van der Waals surface area contributed by atoms with Gasteiger partial charge in [0.25, 0.3) is 0 Å². The number of aliphatic imine (C=N–C) groups is 1. The van der Waals surface area contributed by atoms with Crippen LogP contribution in [0.15, 0.2) is 4.99 Å². The molecular weight excluding hydrogens is 390 g/mol. The number of hydrogen-bond acceptors (Lipinski definition) is 4. The molecule has 0 saturated carbocycles. The molecule has 2 aliphatic heterocycles. The van der Waals surface area contributed by atoms with Crippen molar-refractivity contribution < 1.29 is 4.79 Å². The first kappa shape index (κ1) is 23.6. The van der Waals surface area contributed by atoms with Gasteiger partial charge >= 0.3 is 0 Å². The normalized spacial score (nSPS) is 18.9. The second-order valence-corrected chi connectivity index (χ2v) is 8.66. The Hall–Kier alpha value is -2.09. The molecule has 0 atom stereocenters. The van der Waals surface area contributed by atoms with Gasteiger partial charge in [0, 0.05) is 71.2 Å². The minimum atomic E-state index is 0.300. The highest BCUT2D eigenvalue weighted by atomic mass is 16.2. The van der Waals surface area contributed by atoms with Crippen molar-refractivity contribution in [2.75, 3.05) is 52.9 Å². The van der Waals surface area contributed by atoms with Crippen molar-refractivity contribution >= 4 is 11.9 Å². The van der Waals surface area contributed by atoms with E-state index in [9.17, 15) is 4.79 Å². The largest absolute Gasteiger partial charge is 0.352 e. The smallest absolute Gasteiger partial charge is 0.236 e. The fraction of sp³-hybridized carbons (Fsp3) is 0.783. The van der Waals surface area contributed by atoms with E-state index >= 15 is 0 Å². The highest BCUT2D eigenvalue weighted by Crippen LogP contribution is 2.16. The molecule has 1 amide bonds. The second kappa shape index (κ2) is 11.5. The second-order valence-electron chi connectivity index (χ2n) is 8.66. The molecule has 1 aromatic rings. The van der Waals surface area contributed by atoms with Crippen LogP contribution in [0.1, 0.15) is 56.5 Å². The summed E-state index contributed by atoms with van der Waals surface area (Å²) in [5.74, 6) is 1.24.